The number of benzene rings is 3. The Morgan fingerprint density at radius 2 is 1.83 bits per heavy atom. The lowest BCUT2D eigenvalue weighted by Gasteiger charge is -2.12. The van der Waals surface area contributed by atoms with Gasteiger partial charge in [0.2, 0.25) is 11.8 Å². The average Bonchev–Trinajstić information content (AvgIpc) is 3.20. The van der Waals surface area contributed by atoms with Crippen LogP contribution in [0.4, 0.5) is 5.69 Å². The second-order valence-corrected chi connectivity index (χ2v) is 9.05. The standard InChI is InChI=1S/C27H21IN2O6/c1-15-5-4-6-19(11-15)26(32)35-24-21(28)12-17(14-23(24)34-3)13-22-27(33)36-25(30-22)18-7-9-20(10-8-18)29-16(2)31/h4-14H,1-3H3,(H,29,31)/b22-13-. The van der Waals surface area contributed by atoms with Crippen molar-refractivity contribution in [2.45, 2.75) is 13.8 Å². The van der Waals surface area contributed by atoms with E-state index in [1.807, 2.05) is 35.6 Å². The monoisotopic (exact) mass is 596 g/mol. The number of nitrogens with one attached hydrogen (secondary N) is 1. The van der Waals surface area contributed by atoms with E-state index in [1.165, 1.54) is 14.0 Å². The SMILES string of the molecule is COc1cc(/C=C2\N=C(c3ccc(NC(C)=O)cc3)OC2=O)cc(I)c1OC(=O)c1cccc(C)c1. The van der Waals surface area contributed by atoms with Gasteiger partial charge in [0.1, 0.15) is 0 Å². The third-order valence-electron chi connectivity index (χ3n) is 5.08. The number of aliphatic imine (C=N–C) groups is 1. The molecular weight excluding hydrogens is 575 g/mol. The van der Waals surface area contributed by atoms with E-state index in [1.54, 1.807) is 60.7 Å². The molecule has 182 valence electrons. The number of carbonyl (C=O) groups excluding carboxylic acids is 3. The number of hydrogen-bond donors (Lipinski definition) is 1. The Hall–Kier alpha value is -3.99. The summed E-state index contributed by atoms with van der Waals surface area (Å²) in [7, 11) is 1.47. The largest absolute Gasteiger partial charge is 0.493 e. The van der Waals surface area contributed by atoms with E-state index < -0.39 is 11.9 Å². The predicted octanol–water partition coefficient (Wildman–Crippen LogP) is 5.13. The molecule has 0 spiro atoms. The van der Waals surface area contributed by atoms with Gasteiger partial charge in [-0.2, -0.15) is 0 Å². The van der Waals surface area contributed by atoms with Crippen molar-refractivity contribution in [1.82, 2.24) is 0 Å². The molecule has 8 nitrogen and oxygen atoms in total. The fraction of sp³-hybridized carbons (Fsp3) is 0.111. The molecule has 36 heavy (non-hydrogen) atoms. The van der Waals surface area contributed by atoms with Crippen LogP contribution in [0, 0.1) is 10.5 Å². The van der Waals surface area contributed by atoms with Gasteiger partial charge < -0.3 is 19.5 Å². The first kappa shape index (κ1) is 25.1. The number of halogens is 1. The molecular formula is C27H21IN2O6. The Morgan fingerprint density at radius 1 is 1.08 bits per heavy atom. The molecule has 4 rings (SSSR count). The van der Waals surface area contributed by atoms with Crippen LogP contribution in [-0.2, 0) is 14.3 Å². The average molecular weight is 596 g/mol. The minimum absolute atomic E-state index is 0.110. The Labute approximate surface area is 221 Å². The van der Waals surface area contributed by atoms with Crippen molar-refractivity contribution in [3.63, 3.8) is 0 Å². The molecule has 0 saturated carbocycles. The van der Waals surface area contributed by atoms with Gasteiger partial charge in [0.15, 0.2) is 17.2 Å². The number of aryl methyl sites for hydroxylation is 1. The maximum atomic E-state index is 12.6. The number of cyclic esters (lactones) is 1. The van der Waals surface area contributed by atoms with Crippen molar-refractivity contribution >= 4 is 58.1 Å². The van der Waals surface area contributed by atoms with E-state index in [0.29, 0.717) is 31.7 Å². The van der Waals surface area contributed by atoms with Crippen molar-refractivity contribution in [2.24, 2.45) is 4.99 Å². The van der Waals surface area contributed by atoms with E-state index in [9.17, 15) is 14.4 Å². The number of nitrogens with zero attached hydrogens (tertiary/aromatic N) is 1. The summed E-state index contributed by atoms with van der Waals surface area (Å²) >= 11 is 2.04. The third-order valence-corrected chi connectivity index (χ3v) is 5.88. The molecule has 0 bridgehead atoms. The number of rotatable bonds is 6. The van der Waals surface area contributed by atoms with E-state index in [4.69, 9.17) is 14.2 Å². The zero-order valence-corrected chi connectivity index (χ0v) is 21.8. The number of methoxy groups -OCH3 is 1. The number of hydrogen-bond acceptors (Lipinski definition) is 7. The van der Waals surface area contributed by atoms with Gasteiger partial charge in [-0.3, -0.25) is 4.79 Å². The molecule has 1 heterocycles. The highest BCUT2D eigenvalue weighted by Gasteiger charge is 2.25. The first-order valence-corrected chi connectivity index (χ1v) is 11.9. The van der Waals surface area contributed by atoms with Gasteiger partial charge in [0.05, 0.1) is 16.2 Å². The minimum atomic E-state index is -0.597. The van der Waals surface area contributed by atoms with Crippen molar-refractivity contribution in [3.8, 4) is 11.5 Å². The summed E-state index contributed by atoms with van der Waals surface area (Å²) in [6, 6.07) is 17.3. The van der Waals surface area contributed by atoms with Gasteiger partial charge >= 0.3 is 11.9 Å². The molecule has 3 aromatic carbocycles. The molecule has 1 N–H and O–H groups in total. The number of amides is 1. The van der Waals surface area contributed by atoms with Crippen LogP contribution in [0.5, 0.6) is 11.5 Å². The van der Waals surface area contributed by atoms with Crippen LogP contribution in [0.2, 0.25) is 0 Å². The number of ether oxygens (including phenoxy) is 3. The lowest BCUT2D eigenvalue weighted by molar-refractivity contribution is -0.129. The quantitative estimate of drug-likeness (QED) is 0.183. The number of anilines is 1. The molecule has 0 unspecified atom stereocenters. The van der Waals surface area contributed by atoms with Gasteiger partial charge in [-0.1, -0.05) is 17.7 Å². The van der Waals surface area contributed by atoms with Crippen LogP contribution in [0.3, 0.4) is 0 Å². The Bertz CT molecular complexity index is 1430. The normalized spacial score (nSPS) is 13.7. The molecule has 0 atom stereocenters. The lowest BCUT2D eigenvalue weighted by Crippen LogP contribution is -2.10. The third kappa shape index (κ3) is 5.80. The van der Waals surface area contributed by atoms with Crippen molar-refractivity contribution in [1.29, 1.82) is 0 Å². The fourth-order valence-corrected chi connectivity index (χ4v) is 4.17. The molecule has 0 fully saturated rings. The van der Waals surface area contributed by atoms with E-state index in [2.05, 4.69) is 10.3 Å². The lowest BCUT2D eigenvalue weighted by atomic mass is 10.1. The van der Waals surface area contributed by atoms with Gasteiger partial charge in [0, 0.05) is 18.2 Å². The minimum Gasteiger partial charge on any atom is -0.493 e. The first-order chi connectivity index (χ1) is 17.2. The molecule has 0 aromatic heterocycles. The number of esters is 2. The number of carbonyl (C=O) groups is 3. The summed E-state index contributed by atoms with van der Waals surface area (Å²) in [5, 5.41) is 2.67. The molecule has 0 aliphatic carbocycles. The van der Waals surface area contributed by atoms with Crippen molar-refractivity contribution in [2.75, 3.05) is 12.4 Å². The smallest absolute Gasteiger partial charge is 0.363 e. The Balaban J connectivity index is 1.58. The topological polar surface area (TPSA) is 103 Å². The summed E-state index contributed by atoms with van der Waals surface area (Å²) < 4.78 is 17.0. The van der Waals surface area contributed by atoms with Gasteiger partial charge in [0.25, 0.3) is 0 Å². The second-order valence-electron chi connectivity index (χ2n) is 7.89. The van der Waals surface area contributed by atoms with E-state index >= 15 is 0 Å². The van der Waals surface area contributed by atoms with E-state index in [0.717, 1.165) is 5.56 Å². The Kier molecular flexibility index (Phi) is 7.49. The molecule has 0 saturated heterocycles. The molecule has 3 aromatic rings. The van der Waals surface area contributed by atoms with Crippen LogP contribution in [0.15, 0.2) is 71.4 Å². The highest BCUT2D eigenvalue weighted by atomic mass is 127. The zero-order chi connectivity index (χ0) is 25.8. The van der Waals surface area contributed by atoms with Crippen molar-refractivity contribution in [3.05, 3.63) is 92.2 Å². The van der Waals surface area contributed by atoms with Crippen LogP contribution in [-0.4, -0.2) is 30.9 Å². The van der Waals surface area contributed by atoms with Crippen LogP contribution >= 0.6 is 22.6 Å². The maximum absolute atomic E-state index is 12.6. The Morgan fingerprint density at radius 3 is 2.50 bits per heavy atom. The summed E-state index contributed by atoms with van der Waals surface area (Å²) in [5.74, 6) is -0.508. The molecule has 9 heteroatoms. The fourth-order valence-electron chi connectivity index (χ4n) is 3.44. The van der Waals surface area contributed by atoms with Gasteiger partial charge in [-0.05, 0) is 89.7 Å². The molecule has 1 aliphatic rings. The van der Waals surface area contributed by atoms with Gasteiger partial charge in [-0.15, -0.1) is 0 Å². The zero-order valence-electron chi connectivity index (χ0n) is 19.6. The molecule has 1 amide bonds. The van der Waals surface area contributed by atoms with Crippen LogP contribution in [0.25, 0.3) is 6.08 Å². The summed E-state index contributed by atoms with van der Waals surface area (Å²) in [6.07, 6.45) is 1.57. The molecule has 1 aliphatic heterocycles. The highest BCUT2D eigenvalue weighted by molar-refractivity contribution is 14.1. The van der Waals surface area contributed by atoms with Crippen molar-refractivity contribution < 1.29 is 28.6 Å². The predicted molar refractivity (Wildman–Crippen MR) is 143 cm³/mol. The summed E-state index contributed by atoms with van der Waals surface area (Å²) in [4.78, 5) is 40.6. The second kappa shape index (κ2) is 10.7. The summed E-state index contributed by atoms with van der Waals surface area (Å²) in [5.41, 5.74) is 3.31. The summed E-state index contributed by atoms with van der Waals surface area (Å²) in [6.45, 7) is 3.32. The van der Waals surface area contributed by atoms with Crippen LogP contribution in [0.1, 0.15) is 34.0 Å². The van der Waals surface area contributed by atoms with E-state index in [-0.39, 0.29) is 23.3 Å². The van der Waals surface area contributed by atoms with Crippen LogP contribution < -0.4 is 14.8 Å². The highest BCUT2D eigenvalue weighted by Crippen LogP contribution is 2.35. The molecule has 0 radical (unpaired) electrons. The maximum Gasteiger partial charge on any atom is 0.363 e. The van der Waals surface area contributed by atoms with Gasteiger partial charge in [-0.25, -0.2) is 14.6 Å². The first-order valence-electron chi connectivity index (χ1n) is 10.8.